The van der Waals surface area contributed by atoms with Crippen molar-refractivity contribution in [2.45, 2.75) is 35.5 Å². The molecule has 0 bridgehead atoms. The summed E-state index contributed by atoms with van der Waals surface area (Å²) < 4.78 is 27.2. The molecular formula is C20H22ClN3O4S2. The van der Waals surface area contributed by atoms with Crippen molar-refractivity contribution in [2.24, 2.45) is 5.16 Å². The first-order valence-electron chi connectivity index (χ1n) is 9.69. The van der Waals surface area contributed by atoms with E-state index < -0.39 is 15.6 Å². The van der Waals surface area contributed by atoms with Crippen LogP contribution in [0.25, 0.3) is 0 Å². The summed E-state index contributed by atoms with van der Waals surface area (Å²) in [5.74, 6) is -0.241. The number of nitrogens with zero attached hydrogens (tertiary/aromatic N) is 2. The Morgan fingerprint density at radius 3 is 2.63 bits per heavy atom. The van der Waals surface area contributed by atoms with Crippen molar-refractivity contribution in [3.63, 3.8) is 0 Å². The van der Waals surface area contributed by atoms with E-state index in [1.54, 1.807) is 17.5 Å². The number of rotatable bonds is 6. The van der Waals surface area contributed by atoms with Gasteiger partial charge in [0.25, 0.3) is 15.9 Å². The van der Waals surface area contributed by atoms with Gasteiger partial charge in [0.15, 0.2) is 0 Å². The maximum Gasteiger partial charge on any atom is 0.269 e. The molecule has 1 spiro atoms. The molecule has 3 heterocycles. The summed E-state index contributed by atoms with van der Waals surface area (Å²) in [5.41, 5.74) is 0.852. The van der Waals surface area contributed by atoms with E-state index in [-0.39, 0.29) is 5.91 Å². The number of sulfonamides is 1. The van der Waals surface area contributed by atoms with Crippen molar-refractivity contribution in [3.05, 3.63) is 52.4 Å². The lowest BCUT2D eigenvalue weighted by Gasteiger charge is -2.36. The van der Waals surface area contributed by atoms with E-state index in [1.165, 1.54) is 15.6 Å². The third-order valence-corrected chi connectivity index (χ3v) is 8.96. The van der Waals surface area contributed by atoms with E-state index in [9.17, 15) is 13.2 Å². The van der Waals surface area contributed by atoms with E-state index in [1.807, 2.05) is 24.3 Å². The van der Waals surface area contributed by atoms with Gasteiger partial charge in [-0.1, -0.05) is 35.0 Å². The number of carbonyl (C=O) groups excluding carboxylic acids is 1. The summed E-state index contributed by atoms with van der Waals surface area (Å²) in [4.78, 5) is 18.1. The van der Waals surface area contributed by atoms with Crippen LogP contribution in [0.2, 0.25) is 5.02 Å². The predicted octanol–water partition coefficient (Wildman–Crippen LogP) is 3.06. The van der Waals surface area contributed by atoms with Crippen LogP contribution < -0.4 is 5.32 Å². The van der Waals surface area contributed by atoms with Gasteiger partial charge in [-0.15, -0.1) is 11.3 Å². The molecule has 1 aromatic heterocycles. The van der Waals surface area contributed by atoms with E-state index in [2.05, 4.69) is 10.5 Å². The van der Waals surface area contributed by atoms with Gasteiger partial charge in [0, 0.05) is 43.9 Å². The van der Waals surface area contributed by atoms with Gasteiger partial charge in [0.2, 0.25) is 0 Å². The lowest BCUT2D eigenvalue weighted by atomic mass is 9.87. The number of amides is 1. The maximum atomic E-state index is 12.7. The van der Waals surface area contributed by atoms with Crippen LogP contribution in [-0.4, -0.2) is 49.6 Å². The van der Waals surface area contributed by atoms with Crippen molar-refractivity contribution in [2.75, 3.05) is 19.6 Å². The number of halogens is 1. The number of thiophene rings is 1. The Balaban J connectivity index is 1.27. The highest BCUT2D eigenvalue weighted by atomic mass is 35.5. The zero-order chi connectivity index (χ0) is 21.2. The summed E-state index contributed by atoms with van der Waals surface area (Å²) in [6.45, 7) is 1.18. The second-order valence-corrected chi connectivity index (χ2v) is 11.0. The van der Waals surface area contributed by atoms with E-state index >= 15 is 0 Å². The second kappa shape index (κ2) is 8.66. The van der Waals surface area contributed by atoms with E-state index in [0.29, 0.717) is 60.3 Å². The molecule has 4 rings (SSSR count). The Morgan fingerprint density at radius 1 is 1.23 bits per heavy atom. The zero-order valence-corrected chi connectivity index (χ0v) is 18.6. The Morgan fingerprint density at radius 2 is 1.97 bits per heavy atom. The molecule has 1 N–H and O–H groups in total. The van der Waals surface area contributed by atoms with Gasteiger partial charge in [-0.2, -0.15) is 4.31 Å². The topological polar surface area (TPSA) is 88.1 Å². The molecule has 0 radical (unpaired) electrons. The molecule has 0 unspecified atom stereocenters. The number of carbonyl (C=O) groups is 1. The minimum Gasteiger partial charge on any atom is -0.388 e. The number of hydrogen-bond donors (Lipinski definition) is 1. The van der Waals surface area contributed by atoms with Gasteiger partial charge in [-0.05, 0) is 35.6 Å². The Bertz CT molecular complexity index is 1030. The van der Waals surface area contributed by atoms with Crippen LogP contribution in [-0.2, 0) is 26.1 Å². The van der Waals surface area contributed by atoms with Crippen LogP contribution in [0.15, 0.2) is 51.1 Å². The van der Waals surface area contributed by atoms with Gasteiger partial charge >= 0.3 is 0 Å². The average Bonchev–Trinajstić information content (AvgIpc) is 3.41. The first-order valence-corrected chi connectivity index (χ1v) is 12.4. The number of piperidine rings is 1. The third kappa shape index (κ3) is 4.54. The van der Waals surface area contributed by atoms with Crippen LogP contribution in [0, 0.1) is 0 Å². The molecule has 1 amide bonds. The molecule has 1 fully saturated rings. The van der Waals surface area contributed by atoms with Crippen molar-refractivity contribution >= 4 is 44.6 Å². The molecule has 30 heavy (non-hydrogen) atoms. The van der Waals surface area contributed by atoms with Crippen molar-refractivity contribution < 1.29 is 18.0 Å². The highest BCUT2D eigenvalue weighted by Crippen LogP contribution is 2.36. The molecule has 1 aromatic carbocycles. The number of hydrogen-bond acceptors (Lipinski definition) is 6. The second-order valence-electron chi connectivity index (χ2n) is 7.46. The Kier molecular flexibility index (Phi) is 6.15. The third-order valence-electron chi connectivity index (χ3n) is 5.44. The van der Waals surface area contributed by atoms with Crippen LogP contribution in [0.4, 0.5) is 0 Å². The molecule has 1 saturated heterocycles. The highest BCUT2D eigenvalue weighted by Gasteiger charge is 2.45. The minimum absolute atomic E-state index is 0.241. The van der Waals surface area contributed by atoms with Crippen LogP contribution in [0.5, 0.6) is 0 Å². The molecule has 2 aliphatic rings. The molecule has 7 nitrogen and oxygen atoms in total. The fraction of sp³-hybridized carbons (Fsp3) is 0.400. The van der Waals surface area contributed by atoms with Gasteiger partial charge in [-0.25, -0.2) is 8.42 Å². The summed E-state index contributed by atoms with van der Waals surface area (Å²) >= 11 is 7.09. The van der Waals surface area contributed by atoms with E-state index in [0.717, 1.165) is 5.56 Å². The van der Waals surface area contributed by atoms with Crippen molar-refractivity contribution in [1.29, 1.82) is 0 Å². The van der Waals surface area contributed by atoms with Crippen molar-refractivity contribution in [1.82, 2.24) is 9.62 Å². The predicted molar refractivity (Wildman–Crippen MR) is 116 cm³/mol. The lowest BCUT2D eigenvalue weighted by molar-refractivity contribution is -0.114. The monoisotopic (exact) mass is 467 g/mol. The fourth-order valence-electron chi connectivity index (χ4n) is 3.66. The maximum absolute atomic E-state index is 12.7. The SMILES string of the molecule is O=C(NCCc1ccc(Cl)cc1)C1=NOC2(CCN(S(=O)(=O)c3cccs3)CC2)C1. The lowest BCUT2D eigenvalue weighted by Crippen LogP contribution is -2.47. The Labute approximate surface area is 184 Å². The summed E-state index contributed by atoms with van der Waals surface area (Å²) in [6.07, 6.45) is 2.09. The molecule has 2 aromatic rings. The highest BCUT2D eigenvalue weighted by molar-refractivity contribution is 7.91. The van der Waals surface area contributed by atoms with E-state index in [4.69, 9.17) is 16.4 Å². The quantitative estimate of drug-likeness (QED) is 0.707. The first kappa shape index (κ1) is 21.3. The van der Waals surface area contributed by atoms with Crippen molar-refractivity contribution in [3.8, 4) is 0 Å². The van der Waals surface area contributed by atoms with Crippen LogP contribution >= 0.6 is 22.9 Å². The minimum atomic E-state index is -3.46. The zero-order valence-electron chi connectivity index (χ0n) is 16.2. The number of benzene rings is 1. The summed E-state index contributed by atoms with van der Waals surface area (Å²) in [6, 6.07) is 10.8. The summed E-state index contributed by atoms with van der Waals surface area (Å²) in [5, 5.41) is 9.32. The molecule has 2 aliphatic heterocycles. The standard InChI is InChI=1S/C20H22ClN3O4S2/c21-16-5-3-15(4-6-16)7-10-22-19(25)17-14-20(28-23-17)8-11-24(12-9-20)30(26,27)18-2-1-13-29-18/h1-6,13H,7-12,14H2,(H,22,25). The number of nitrogens with one attached hydrogen (secondary N) is 1. The summed E-state index contributed by atoms with van der Waals surface area (Å²) in [7, 11) is -3.46. The molecule has 160 valence electrons. The molecule has 0 aliphatic carbocycles. The van der Waals surface area contributed by atoms with Gasteiger partial charge in [0.1, 0.15) is 15.5 Å². The average molecular weight is 468 g/mol. The first-order chi connectivity index (χ1) is 14.4. The molecule has 0 atom stereocenters. The Hall–Kier alpha value is -1.94. The normalized spacial score (nSPS) is 18.8. The molecule has 0 saturated carbocycles. The van der Waals surface area contributed by atoms with Crippen LogP contribution in [0.3, 0.4) is 0 Å². The van der Waals surface area contributed by atoms with Crippen LogP contribution in [0.1, 0.15) is 24.8 Å². The van der Waals surface area contributed by atoms with Gasteiger partial charge in [0.05, 0.1) is 0 Å². The van der Waals surface area contributed by atoms with Gasteiger partial charge in [-0.3, -0.25) is 4.79 Å². The number of oxime groups is 1. The molecule has 10 heteroatoms. The fourth-order valence-corrected chi connectivity index (χ4v) is 6.37. The smallest absolute Gasteiger partial charge is 0.269 e. The largest absolute Gasteiger partial charge is 0.388 e. The van der Waals surface area contributed by atoms with Gasteiger partial charge < -0.3 is 10.2 Å². The molecular weight excluding hydrogens is 446 g/mol.